The summed E-state index contributed by atoms with van der Waals surface area (Å²) in [6, 6.07) is 8.84. The van der Waals surface area contributed by atoms with E-state index in [0.29, 0.717) is 0 Å². The van der Waals surface area contributed by atoms with Gasteiger partial charge in [0, 0.05) is 0 Å². The van der Waals surface area contributed by atoms with Crippen molar-refractivity contribution in [2.75, 3.05) is 12.0 Å². The Kier molecular flexibility index (Phi) is 3.04. The standard InChI is InChI=1S/C16H20S/c1-11-7-14(10-17-2)16-9-13-6-4-3-5-12(13)8-15(11)16/h3-6,8-9,11,14-16H,7,10H2,1-2H3. The summed E-state index contributed by atoms with van der Waals surface area (Å²) in [6.07, 6.45) is 8.71. The van der Waals surface area contributed by atoms with Gasteiger partial charge in [0.15, 0.2) is 0 Å². The second-order valence-electron chi connectivity index (χ2n) is 5.55. The van der Waals surface area contributed by atoms with Gasteiger partial charge in [0.05, 0.1) is 0 Å². The number of rotatable bonds is 2. The molecule has 2 aliphatic rings. The largest absolute Gasteiger partial charge is 0.165 e. The third-order valence-corrected chi connectivity index (χ3v) is 5.20. The molecule has 0 spiro atoms. The Morgan fingerprint density at radius 2 is 1.76 bits per heavy atom. The Hall–Kier alpha value is -0.690. The van der Waals surface area contributed by atoms with E-state index >= 15 is 0 Å². The minimum absolute atomic E-state index is 0.780. The van der Waals surface area contributed by atoms with Crippen LogP contribution in [0, 0.1) is 23.7 Å². The minimum Gasteiger partial charge on any atom is -0.165 e. The average Bonchev–Trinajstić information content (AvgIpc) is 2.64. The second kappa shape index (κ2) is 4.53. The topological polar surface area (TPSA) is 0 Å². The highest BCUT2D eigenvalue weighted by molar-refractivity contribution is 7.98. The normalized spacial score (nSPS) is 34.5. The summed E-state index contributed by atoms with van der Waals surface area (Å²) in [5.41, 5.74) is 0. The van der Waals surface area contributed by atoms with E-state index in [1.807, 2.05) is 11.8 Å². The lowest BCUT2D eigenvalue weighted by Crippen LogP contribution is -2.33. The number of fused-ring (bicyclic) bond motifs is 2. The Balaban J connectivity index is 2.04. The SMILES string of the molecule is CSCC1CC(C)C2C=c3ccccc3=CC12. The molecule has 0 aliphatic heterocycles. The van der Waals surface area contributed by atoms with Crippen molar-refractivity contribution in [3.05, 3.63) is 34.7 Å². The third-order valence-electron chi connectivity index (χ3n) is 4.44. The van der Waals surface area contributed by atoms with E-state index in [-0.39, 0.29) is 0 Å². The molecule has 4 atom stereocenters. The molecule has 90 valence electrons. The monoisotopic (exact) mass is 244 g/mol. The summed E-state index contributed by atoms with van der Waals surface area (Å²) in [4.78, 5) is 0. The molecule has 0 nitrogen and oxygen atoms in total. The molecule has 17 heavy (non-hydrogen) atoms. The van der Waals surface area contributed by atoms with E-state index in [4.69, 9.17) is 0 Å². The van der Waals surface area contributed by atoms with Gasteiger partial charge >= 0.3 is 0 Å². The highest BCUT2D eigenvalue weighted by Gasteiger charge is 2.38. The lowest BCUT2D eigenvalue weighted by molar-refractivity contribution is 0.473. The zero-order chi connectivity index (χ0) is 11.8. The maximum absolute atomic E-state index is 2.55. The molecule has 0 radical (unpaired) electrons. The number of hydrogen-bond donors (Lipinski definition) is 0. The van der Waals surface area contributed by atoms with Crippen molar-refractivity contribution >= 4 is 23.9 Å². The number of benzene rings is 1. The molecule has 1 aromatic carbocycles. The summed E-state index contributed by atoms with van der Waals surface area (Å²) in [7, 11) is 0. The molecule has 3 rings (SSSR count). The summed E-state index contributed by atoms with van der Waals surface area (Å²) in [5, 5.41) is 2.90. The lowest BCUT2D eigenvalue weighted by Gasteiger charge is -2.23. The van der Waals surface area contributed by atoms with Gasteiger partial charge in [-0.3, -0.25) is 0 Å². The van der Waals surface area contributed by atoms with Crippen molar-refractivity contribution in [2.45, 2.75) is 13.3 Å². The van der Waals surface area contributed by atoms with E-state index < -0.39 is 0 Å². The molecule has 1 heteroatoms. The van der Waals surface area contributed by atoms with Crippen LogP contribution in [0.5, 0.6) is 0 Å². The van der Waals surface area contributed by atoms with Crippen LogP contribution in [0.25, 0.3) is 12.2 Å². The highest BCUT2D eigenvalue weighted by atomic mass is 32.2. The Labute approximate surface area is 108 Å². The van der Waals surface area contributed by atoms with Gasteiger partial charge in [-0.25, -0.2) is 0 Å². The molecule has 2 aliphatic carbocycles. The zero-order valence-electron chi connectivity index (χ0n) is 10.6. The highest BCUT2D eigenvalue weighted by Crippen LogP contribution is 2.44. The van der Waals surface area contributed by atoms with Crippen LogP contribution < -0.4 is 10.4 Å². The predicted octanol–water partition coefficient (Wildman–Crippen LogP) is 2.51. The van der Waals surface area contributed by atoms with Gasteiger partial charge in [-0.2, -0.15) is 11.8 Å². The maximum atomic E-state index is 2.55. The van der Waals surface area contributed by atoms with Crippen LogP contribution in [0.4, 0.5) is 0 Å². The Bertz CT molecular complexity index is 517. The van der Waals surface area contributed by atoms with Crippen LogP contribution in [0.2, 0.25) is 0 Å². The fraction of sp³-hybridized carbons (Fsp3) is 0.500. The van der Waals surface area contributed by atoms with Crippen molar-refractivity contribution < 1.29 is 0 Å². The van der Waals surface area contributed by atoms with Crippen LogP contribution in [0.1, 0.15) is 13.3 Å². The number of hydrogen-bond acceptors (Lipinski definition) is 1. The first-order valence-corrected chi connectivity index (χ1v) is 7.96. The van der Waals surface area contributed by atoms with Crippen LogP contribution in [-0.4, -0.2) is 12.0 Å². The van der Waals surface area contributed by atoms with Crippen molar-refractivity contribution in [3.63, 3.8) is 0 Å². The predicted molar refractivity (Wildman–Crippen MR) is 77.3 cm³/mol. The smallest absolute Gasteiger partial charge is 0.00360 e. The van der Waals surface area contributed by atoms with Gasteiger partial charge < -0.3 is 0 Å². The molecule has 0 aromatic heterocycles. The first-order valence-electron chi connectivity index (χ1n) is 6.57. The second-order valence-corrected chi connectivity index (χ2v) is 6.46. The van der Waals surface area contributed by atoms with Crippen LogP contribution in [-0.2, 0) is 0 Å². The summed E-state index contributed by atoms with van der Waals surface area (Å²) in [5.74, 6) is 4.61. The van der Waals surface area contributed by atoms with Crippen molar-refractivity contribution in [1.29, 1.82) is 0 Å². The first-order chi connectivity index (χ1) is 8.29. The van der Waals surface area contributed by atoms with Gasteiger partial charge in [0.1, 0.15) is 0 Å². The molecule has 0 saturated heterocycles. The van der Waals surface area contributed by atoms with Gasteiger partial charge in [-0.15, -0.1) is 0 Å². The zero-order valence-corrected chi connectivity index (χ0v) is 11.4. The van der Waals surface area contributed by atoms with Crippen molar-refractivity contribution in [1.82, 2.24) is 0 Å². The van der Waals surface area contributed by atoms with E-state index in [0.717, 1.165) is 23.7 Å². The minimum atomic E-state index is 0.780. The van der Waals surface area contributed by atoms with Crippen molar-refractivity contribution in [3.8, 4) is 0 Å². The Morgan fingerprint density at radius 1 is 1.12 bits per heavy atom. The quantitative estimate of drug-likeness (QED) is 0.770. The summed E-state index contributed by atoms with van der Waals surface area (Å²) < 4.78 is 0. The maximum Gasteiger partial charge on any atom is -0.00360 e. The molecule has 0 heterocycles. The Morgan fingerprint density at radius 3 is 2.41 bits per heavy atom. The van der Waals surface area contributed by atoms with Gasteiger partial charge in [-0.1, -0.05) is 43.3 Å². The molecular formula is C16H20S. The molecule has 1 fully saturated rings. The van der Waals surface area contributed by atoms with Gasteiger partial charge in [0.2, 0.25) is 0 Å². The lowest BCUT2D eigenvalue weighted by atomic mass is 9.83. The third kappa shape index (κ3) is 1.95. The fourth-order valence-corrected chi connectivity index (χ4v) is 4.42. The molecule has 0 amide bonds. The number of thioether (sulfide) groups is 1. The van der Waals surface area contributed by atoms with E-state index in [1.54, 1.807) is 0 Å². The summed E-state index contributed by atoms with van der Waals surface area (Å²) in [6.45, 7) is 2.43. The van der Waals surface area contributed by atoms with Crippen LogP contribution in [0.3, 0.4) is 0 Å². The van der Waals surface area contributed by atoms with E-state index in [9.17, 15) is 0 Å². The molecule has 4 unspecified atom stereocenters. The first kappa shape index (κ1) is 11.4. The van der Waals surface area contributed by atoms with Crippen molar-refractivity contribution in [2.24, 2.45) is 23.7 Å². The van der Waals surface area contributed by atoms with Gasteiger partial charge in [0.25, 0.3) is 0 Å². The fourth-order valence-electron chi connectivity index (χ4n) is 3.63. The van der Waals surface area contributed by atoms with Crippen LogP contribution >= 0.6 is 11.8 Å². The summed E-state index contributed by atoms with van der Waals surface area (Å²) >= 11 is 2.00. The molecular weight excluding hydrogens is 224 g/mol. The van der Waals surface area contributed by atoms with Gasteiger partial charge in [-0.05, 0) is 52.5 Å². The molecule has 0 N–H and O–H groups in total. The molecule has 1 aromatic rings. The van der Waals surface area contributed by atoms with E-state index in [2.05, 4.69) is 49.6 Å². The molecule has 0 bridgehead atoms. The van der Waals surface area contributed by atoms with E-state index in [1.165, 1.54) is 22.6 Å². The average molecular weight is 244 g/mol. The van der Waals surface area contributed by atoms with Crippen LogP contribution in [0.15, 0.2) is 24.3 Å². The molecule has 1 saturated carbocycles.